The highest BCUT2D eigenvalue weighted by Crippen LogP contribution is 2.16. The maximum atomic E-state index is 13.3. The van der Waals surface area contributed by atoms with Crippen LogP contribution in [0.15, 0.2) is 18.2 Å². The zero-order valence-electron chi connectivity index (χ0n) is 8.91. The standard InChI is InChI=1S/C11H13ClFNO2/c1-14(5-4-11(15)16)7-8-6-9(12)2-3-10(8)13/h2-3,6H,4-5,7H2,1H3,(H,15,16). The number of nitrogens with zero attached hydrogens (tertiary/aromatic N) is 1. The smallest absolute Gasteiger partial charge is 0.304 e. The van der Waals surface area contributed by atoms with Gasteiger partial charge in [-0.15, -0.1) is 0 Å². The molecule has 0 radical (unpaired) electrons. The Morgan fingerprint density at radius 3 is 2.88 bits per heavy atom. The molecule has 1 aromatic rings. The molecule has 1 aromatic carbocycles. The Bertz CT molecular complexity index is 384. The summed E-state index contributed by atoms with van der Waals surface area (Å²) >= 11 is 5.75. The van der Waals surface area contributed by atoms with E-state index in [0.717, 1.165) is 0 Å². The van der Waals surface area contributed by atoms with Crippen molar-refractivity contribution in [1.29, 1.82) is 0 Å². The first-order chi connectivity index (χ1) is 7.49. The minimum absolute atomic E-state index is 0.0404. The molecule has 0 aliphatic carbocycles. The summed E-state index contributed by atoms with van der Waals surface area (Å²) in [5, 5.41) is 8.98. The number of rotatable bonds is 5. The van der Waals surface area contributed by atoms with Crippen molar-refractivity contribution < 1.29 is 14.3 Å². The zero-order valence-corrected chi connectivity index (χ0v) is 9.67. The molecule has 88 valence electrons. The molecular weight excluding hydrogens is 233 g/mol. The fraction of sp³-hybridized carbons (Fsp3) is 0.364. The number of carbonyl (C=O) groups is 1. The maximum absolute atomic E-state index is 13.3. The number of carboxylic acids is 1. The van der Waals surface area contributed by atoms with Crippen LogP contribution in [0.25, 0.3) is 0 Å². The van der Waals surface area contributed by atoms with Gasteiger partial charge in [-0.1, -0.05) is 11.6 Å². The average Bonchev–Trinajstić information content (AvgIpc) is 2.20. The van der Waals surface area contributed by atoms with Crippen molar-refractivity contribution in [3.8, 4) is 0 Å². The van der Waals surface area contributed by atoms with Gasteiger partial charge in [0, 0.05) is 23.7 Å². The molecule has 3 nitrogen and oxygen atoms in total. The van der Waals surface area contributed by atoms with Crippen LogP contribution < -0.4 is 0 Å². The molecular formula is C11H13ClFNO2. The number of halogens is 2. The lowest BCUT2D eigenvalue weighted by atomic mass is 10.2. The summed E-state index contributed by atoms with van der Waals surface area (Å²) in [7, 11) is 1.74. The van der Waals surface area contributed by atoms with Gasteiger partial charge in [0.15, 0.2) is 0 Å². The summed E-state index contributed by atoms with van der Waals surface area (Å²) in [6, 6.07) is 4.34. The third-order valence-corrected chi connectivity index (χ3v) is 2.39. The minimum atomic E-state index is -0.863. The van der Waals surface area contributed by atoms with Crippen LogP contribution in [0.4, 0.5) is 4.39 Å². The Morgan fingerprint density at radius 2 is 2.25 bits per heavy atom. The van der Waals surface area contributed by atoms with Crippen LogP contribution in [0.1, 0.15) is 12.0 Å². The Hall–Kier alpha value is -1.13. The van der Waals surface area contributed by atoms with Crippen LogP contribution in [-0.2, 0) is 11.3 Å². The zero-order chi connectivity index (χ0) is 12.1. The van der Waals surface area contributed by atoms with E-state index in [1.54, 1.807) is 18.0 Å². The molecule has 0 heterocycles. The molecule has 0 bridgehead atoms. The van der Waals surface area contributed by atoms with Crippen LogP contribution in [0.3, 0.4) is 0 Å². The molecule has 5 heteroatoms. The van der Waals surface area contributed by atoms with Gasteiger partial charge in [-0.2, -0.15) is 0 Å². The Morgan fingerprint density at radius 1 is 1.56 bits per heavy atom. The first-order valence-corrected chi connectivity index (χ1v) is 5.21. The van der Waals surface area contributed by atoms with Crippen LogP contribution in [0, 0.1) is 5.82 Å². The molecule has 1 rings (SSSR count). The highest BCUT2D eigenvalue weighted by Gasteiger charge is 2.07. The van der Waals surface area contributed by atoms with E-state index in [1.807, 2.05) is 0 Å². The lowest BCUT2D eigenvalue weighted by molar-refractivity contribution is -0.137. The van der Waals surface area contributed by atoms with E-state index >= 15 is 0 Å². The summed E-state index contributed by atoms with van der Waals surface area (Å²) in [6.45, 7) is 0.723. The number of aliphatic carboxylic acids is 1. The second-order valence-corrected chi connectivity index (χ2v) is 4.05. The normalized spacial score (nSPS) is 10.8. The monoisotopic (exact) mass is 245 g/mol. The SMILES string of the molecule is CN(CCC(=O)O)Cc1cc(Cl)ccc1F. The molecule has 0 amide bonds. The van der Waals surface area contributed by atoms with E-state index in [2.05, 4.69) is 0 Å². The predicted molar refractivity (Wildman–Crippen MR) is 60.0 cm³/mol. The number of benzene rings is 1. The van der Waals surface area contributed by atoms with E-state index in [1.165, 1.54) is 12.1 Å². The van der Waals surface area contributed by atoms with Crippen LogP contribution in [0.2, 0.25) is 5.02 Å². The summed E-state index contributed by atoms with van der Waals surface area (Å²) in [6.07, 6.45) is 0.0404. The molecule has 0 aliphatic heterocycles. The van der Waals surface area contributed by atoms with E-state index in [4.69, 9.17) is 16.7 Å². The molecule has 0 unspecified atom stereocenters. The fourth-order valence-corrected chi connectivity index (χ4v) is 1.52. The molecule has 0 fully saturated rings. The van der Waals surface area contributed by atoms with Gasteiger partial charge in [-0.25, -0.2) is 4.39 Å². The average molecular weight is 246 g/mol. The number of hydrogen-bond donors (Lipinski definition) is 1. The molecule has 0 atom stereocenters. The van der Waals surface area contributed by atoms with Crippen molar-refractivity contribution in [2.45, 2.75) is 13.0 Å². The van der Waals surface area contributed by atoms with Gasteiger partial charge in [0.1, 0.15) is 5.82 Å². The Labute approximate surface area is 98.4 Å². The molecule has 0 saturated heterocycles. The van der Waals surface area contributed by atoms with Gasteiger partial charge < -0.3 is 10.0 Å². The van der Waals surface area contributed by atoms with Crippen LogP contribution in [0.5, 0.6) is 0 Å². The minimum Gasteiger partial charge on any atom is -0.481 e. The van der Waals surface area contributed by atoms with Crippen LogP contribution in [-0.4, -0.2) is 29.6 Å². The van der Waals surface area contributed by atoms with Crippen molar-refractivity contribution in [3.05, 3.63) is 34.6 Å². The van der Waals surface area contributed by atoms with E-state index in [0.29, 0.717) is 23.7 Å². The lowest BCUT2D eigenvalue weighted by Crippen LogP contribution is -2.21. The third-order valence-electron chi connectivity index (χ3n) is 2.16. The first kappa shape index (κ1) is 12.9. The summed E-state index contributed by atoms with van der Waals surface area (Å²) in [4.78, 5) is 12.1. The number of carboxylic acid groups (broad SMARTS) is 1. The first-order valence-electron chi connectivity index (χ1n) is 4.83. The second kappa shape index (κ2) is 5.82. The second-order valence-electron chi connectivity index (χ2n) is 3.62. The molecule has 0 aromatic heterocycles. The fourth-order valence-electron chi connectivity index (χ4n) is 1.32. The molecule has 16 heavy (non-hydrogen) atoms. The summed E-state index contributed by atoms with van der Waals surface area (Å²) in [5.74, 6) is -1.19. The van der Waals surface area contributed by atoms with Gasteiger partial charge in [-0.05, 0) is 25.2 Å². The van der Waals surface area contributed by atoms with Crippen molar-refractivity contribution in [3.63, 3.8) is 0 Å². The Kier molecular flexibility index (Phi) is 4.71. The maximum Gasteiger partial charge on any atom is 0.304 e. The Balaban J connectivity index is 2.58. The van der Waals surface area contributed by atoms with Crippen molar-refractivity contribution in [1.82, 2.24) is 4.90 Å². The van der Waals surface area contributed by atoms with Gasteiger partial charge in [0.2, 0.25) is 0 Å². The highest BCUT2D eigenvalue weighted by atomic mass is 35.5. The van der Waals surface area contributed by atoms with E-state index in [-0.39, 0.29) is 12.2 Å². The molecule has 1 N–H and O–H groups in total. The molecule has 0 spiro atoms. The highest BCUT2D eigenvalue weighted by molar-refractivity contribution is 6.30. The van der Waals surface area contributed by atoms with Gasteiger partial charge in [0.05, 0.1) is 6.42 Å². The van der Waals surface area contributed by atoms with Crippen molar-refractivity contribution in [2.75, 3.05) is 13.6 Å². The summed E-state index contributed by atoms with van der Waals surface area (Å²) < 4.78 is 13.3. The van der Waals surface area contributed by atoms with Gasteiger partial charge in [0.25, 0.3) is 0 Å². The predicted octanol–water partition coefficient (Wildman–Crippen LogP) is 2.39. The third kappa shape index (κ3) is 4.16. The molecule has 0 aliphatic rings. The van der Waals surface area contributed by atoms with Crippen molar-refractivity contribution >= 4 is 17.6 Å². The largest absolute Gasteiger partial charge is 0.481 e. The molecule has 0 saturated carbocycles. The van der Waals surface area contributed by atoms with Crippen LogP contribution >= 0.6 is 11.6 Å². The topological polar surface area (TPSA) is 40.5 Å². The number of hydrogen-bond acceptors (Lipinski definition) is 2. The lowest BCUT2D eigenvalue weighted by Gasteiger charge is -2.15. The quantitative estimate of drug-likeness (QED) is 0.866. The van der Waals surface area contributed by atoms with Crippen molar-refractivity contribution in [2.24, 2.45) is 0 Å². The van der Waals surface area contributed by atoms with E-state index < -0.39 is 5.97 Å². The summed E-state index contributed by atoms with van der Waals surface area (Å²) in [5.41, 5.74) is 0.473. The van der Waals surface area contributed by atoms with E-state index in [9.17, 15) is 9.18 Å². The van der Waals surface area contributed by atoms with Gasteiger partial charge >= 0.3 is 5.97 Å². The van der Waals surface area contributed by atoms with Gasteiger partial charge in [-0.3, -0.25) is 4.79 Å².